The Morgan fingerprint density at radius 1 is 1.69 bits per heavy atom. The van der Waals surface area contributed by atoms with Crippen molar-refractivity contribution in [3.63, 3.8) is 0 Å². The van der Waals surface area contributed by atoms with Gasteiger partial charge < -0.3 is 9.88 Å². The number of hydrogen-bond donors (Lipinski definition) is 1. The van der Waals surface area contributed by atoms with Gasteiger partial charge in [0.15, 0.2) is 5.82 Å². The Hall–Kier alpha value is -1.51. The molecule has 1 unspecified atom stereocenters. The van der Waals surface area contributed by atoms with Crippen molar-refractivity contribution in [2.45, 2.75) is 26.7 Å². The van der Waals surface area contributed by atoms with Gasteiger partial charge in [-0.05, 0) is 25.7 Å². The maximum Gasteiger partial charge on any atom is 0.153 e. The van der Waals surface area contributed by atoms with Crippen LogP contribution in [0.25, 0.3) is 5.70 Å². The van der Waals surface area contributed by atoms with Gasteiger partial charge in [-0.3, -0.25) is 0 Å². The molecule has 1 aliphatic rings. The van der Waals surface area contributed by atoms with Crippen LogP contribution < -0.4 is 0 Å². The van der Waals surface area contributed by atoms with E-state index < -0.39 is 0 Å². The molecule has 0 bridgehead atoms. The summed E-state index contributed by atoms with van der Waals surface area (Å²) in [7, 11) is 0. The third-order valence-electron chi connectivity index (χ3n) is 3.18. The van der Waals surface area contributed by atoms with Gasteiger partial charge in [0.1, 0.15) is 0 Å². The molecule has 1 aliphatic heterocycles. The zero-order chi connectivity index (χ0) is 11.5. The molecular weight excluding hydrogens is 198 g/mol. The molecule has 1 saturated heterocycles. The van der Waals surface area contributed by atoms with Crippen LogP contribution in [0.2, 0.25) is 0 Å². The van der Waals surface area contributed by atoms with Crippen molar-refractivity contribution in [1.82, 2.24) is 14.9 Å². The van der Waals surface area contributed by atoms with E-state index in [1.54, 1.807) is 6.20 Å². The first-order chi connectivity index (χ1) is 7.72. The molecule has 86 valence electrons. The fourth-order valence-corrected chi connectivity index (χ4v) is 2.20. The highest BCUT2D eigenvalue weighted by Crippen LogP contribution is 2.30. The molecule has 0 radical (unpaired) electrons. The van der Waals surface area contributed by atoms with Gasteiger partial charge >= 0.3 is 0 Å². The van der Waals surface area contributed by atoms with Gasteiger partial charge in [-0.1, -0.05) is 19.6 Å². The second-order valence-electron chi connectivity index (χ2n) is 4.41. The van der Waals surface area contributed by atoms with Gasteiger partial charge in [0, 0.05) is 24.6 Å². The third-order valence-corrected chi connectivity index (χ3v) is 3.18. The lowest BCUT2D eigenvalue weighted by molar-refractivity contribution is 0.327. The largest absolute Gasteiger partial charge is 0.343 e. The van der Waals surface area contributed by atoms with E-state index in [1.807, 2.05) is 6.20 Å². The van der Waals surface area contributed by atoms with Gasteiger partial charge in [-0.2, -0.15) is 0 Å². The van der Waals surface area contributed by atoms with Crippen LogP contribution in [0.15, 0.2) is 30.7 Å². The number of likely N-dealkylation sites (tertiary alicyclic amines) is 1. The lowest BCUT2D eigenvalue weighted by atomic mass is 9.95. The second-order valence-corrected chi connectivity index (χ2v) is 4.41. The number of hydrogen-bond acceptors (Lipinski definition) is 2. The summed E-state index contributed by atoms with van der Waals surface area (Å²) in [5, 5.41) is 0. The van der Waals surface area contributed by atoms with Crippen LogP contribution in [0.1, 0.15) is 32.5 Å². The molecule has 3 nitrogen and oxygen atoms in total. The minimum absolute atomic E-state index is 0.770. The fraction of sp³-hybridized carbons (Fsp3) is 0.462. The highest BCUT2D eigenvalue weighted by atomic mass is 15.2. The first-order valence-electron chi connectivity index (χ1n) is 5.83. The van der Waals surface area contributed by atoms with E-state index in [4.69, 9.17) is 0 Å². The standard InChI is InChI=1S/C13H19N3/c1-4-12-9-10(2)5-8-16(12)11(3)13-14-6-7-15-13/h4,6-7,10H,3,5,8-9H2,1-2H3,(H,14,15)/b12-4-. The van der Waals surface area contributed by atoms with Crippen molar-refractivity contribution in [3.05, 3.63) is 36.6 Å². The normalized spacial score (nSPS) is 23.8. The minimum atomic E-state index is 0.770. The SMILES string of the molecule is C=C(c1ncc[nH]1)N1CCC(C)C/C1=C/C. The zero-order valence-corrected chi connectivity index (χ0v) is 10.0. The molecule has 0 aliphatic carbocycles. The molecule has 2 heterocycles. The van der Waals surface area contributed by atoms with Crippen LogP contribution in [0.5, 0.6) is 0 Å². The number of nitrogens with zero attached hydrogens (tertiary/aromatic N) is 2. The predicted octanol–water partition coefficient (Wildman–Crippen LogP) is 3.02. The Labute approximate surface area is 96.9 Å². The van der Waals surface area contributed by atoms with Crippen molar-refractivity contribution >= 4 is 5.70 Å². The van der Waals surface area contributed by atoms with E-state index in [1.165, 1.54) is 12.1 Å². The Bertz CT molecular complexity index is 389. The Morgan fingerprint density at radius 3 is 3.12 bits per heavy atom. The lowest BCUT2D eigenvalue weighted by Gasteiger charge is -2.35. The van der Waals surface area contributed by atoms with Gasteiger partial charge in [0.25, 0.3) is 0 Å². The van der Waals surface area contributed by atoms with Crippen molar-refractivity contribution < 1.29 is 0 Å². The van der Waals surface area contributed by atoms with E-state index in [0.717, 1.165) is 30.4 Å². The fourth-order valence-electron chi connectivity index (χ4n) is 2.20. The average molecular weight is 217 g/mol. The molecule has 1 fully saturated rings. The van der Waals surface area contributed by atoms with Crippen molar-refractivity contribution in [2.24, 2.45) is 5.92 Å². The number of piperidine rings is 1. The van der Waals surface area contributed by atoms with Crippen molar-refractivity contribution in [1.29, 1.82) is 0 Å². The Balaban J connectivity index is 2.17. The number of rotatable bonds is 2. The smallest absolute Gasteiger partial charge is 0.153 e. The molecule has 1 atom stereocenters. The quantitative estimate of drug-likeness (QED) is 0.825. The molecular formula is C13H19N3. The van der Waals surface area contributed by atoms with E-state index >= 15 is 0 Å². The van der Waals surface area contributed by atoms with Crippen LogP contribution in [-0.2, 0) is 0 Å². The molecule has 3 heteroatoms. The molecule has 2 rings (SSSR count). The molecule has 1 N–H and O–H groups in total. The maximum atomic E-state index is 4.26. The monoisotopic (exact) mass is 217 g/mol. The van der Waals surface area contributed by atoms with Gasteiger partial charge in [-0.15, -0.1) is 0 Å². The molecule has 16 heavy (non-hydrogen) atoms. The summed E-state index contributed by atoms with van der Waals surface area (Å²) in [5.74, 6) is 1.64. The summed E-state index contributed by atoms with van der Waals surface area (Å²) in [6, 6.07) is 0. The van der Waals surface area contributed by atoms with Gasteiger partial charge in [-0.25, -0.2) is 4.98 Å². The zero-order valence-electron chi connectivity index (χ0n) is 10.0. The number of aromatic amines is 1. The highest BCUT2D eigenvalue weighted by Gasteiger charge is 2.22. The van der Waals surface area contributed by atoms with Crippen LogP contribution in [0, 0.1) is 5.92 Å². The Morgan fingerprint density at radius 2 is 2.50 bits per heavy atom. The van der Waals surface area contributed by atoms with Crippen LogP contribution in [-0.4, -0.2) is 21.4 Å². The maximum absolute atomic E-state index is 4.26. The topological polar surface area (TPSA) is 31.9 Å². The van der Waals surface area contributed by atoms with Crippen LogP contribution >= 0.6 is 0 Å². The molecule has 0 spiro atoms. The van der Waals surface area contributed by atoms with Crippen molar-refractivity contribution in [3.8, 4) is 0 Å². The van der Waals surface area contributed by atoms with Crippen LogP contribution in [0.4, 0.5) is 0 Å². The summed E-state index contributed by atoms with van der Waals surface area (Å²) < 4.78 is 0. The van der Waals surface area contributed by atoms with Crippen molar-refractivity contribution in [2.75, 3.05) is 6.54 Å². The Kier molecular flexibility index (Phi) is 3.13. The molecule has 1 aromatic heterocycles. The number of nitrogens with one attached hydrogen (secondary N) is 1. The van der Waals surface area contributed by atoms with E-state index in [-0.39, 0.29) is 0 Å². The number of aromatic nitrogens is 2. The summed E-state index contributed by atoms with van der Waals surface area (Å²) in [6.07, 6.45) is 8.14. The summed E-state index contributed by atoms with van der Waals surface area (Å²) >= 11 is 0. The molecule has 0 amide bonds. The first kappa shape index (κ1) is 11.0. The van der Waals surface area contributed by atoms with Gasteiger partial charge in [0.05, 0.1) is 5.70 Å². The minimum Gasteiger partial charge on any atom is -0.343 e. The number of imidazole rings is 1. The average Bonchev–Trinajstić information content (AvgIpc) is 2.81. The van der Waals surface area contributed by atoms with E-state index in [9.17, 15) is 0 Å². The summed E-state index contributed by atoms with van der Waals surface area (Å²) in [5.41, 5.74) is 2.34. The predicted molar refractivity (Wildman–Crippen MR) is 66.5 cm³/mol. The molecule has 1 aromatic rings. The van der Waals surface area contributed by atoms with Gasteiger partial charge in [0.2, 0.25) is 0 Å². The molecule has 0 aromatic carbocycles. The van der Waals surface area contributed by atoms with Crippen LogP contribution in [0.3, 0.4) is 0 Å². The third kappa shape index (κ3) is 2.03. The second kappa shape index (κ2) is 4.56. The first-order valence-corrected chi connectivity index (χ1v) is 5.83. The van der Waals surface area contributed by atoms with E-state index in [2.05, 4.69) is 41.4 Å². The summed E-state index contributed by atoms with van der Waals surface area (Å²) in [6.45, 7) is 9.57. The number of allylic oxidation sites excluding steroid dienone is 2. The lowest BCUT2D eigenvalue weighted by Crippen LogP contribution is -2.29. The summed E-state index contributed by atoms with van der Waals surface area (Å²) in [4.78, 5) is 9.64. The number of H-pyrrole nitrogens is 1. The van der Waals surface area contributed by atoms with E-state index in [0.29, 0.717) is 0 Å². The highest BCUT2D eigenvalue weighted by molar-refractivity contribution is 5.57. The molecule has 0 saturated carbocycles.